The second-order valence-electron chi connectivity index (χ2n) is 10.2. The van der Waals surface area contributed by atoms with Gasteiger partial charge in [-0.25, -0.2) is 0 Å². The third-order valence-corrected chi connectivity index (χ3v) is 7.39. The van der Waals surface area contributed by atoms with Crippen molar-refractivity contribution in [1.29, 1.82) is 0 Å². The van der Waals surface area contributed by atoms with Crippen LogP contribution in [0.3, 0.4) is 0 Å². The first-order valence-electron chi connectivity index (χ1n) is 13.2. The number of nitrogens with zero attached hydrogens (tertiary/aromatic N) is 3. The van der Waals surface area contributed by atoms with Gasteiger partial charge in [-0.1, -0.05) is 62.4 Å². The van der Waals surface area contributed by atoms with Crippen LogP contribution in [0.4, 0.5) is 0 Å². The third-order valence-electron chi connectivity index (χ3n) is 7.39. The van der Waals surface area contributed by atoms with E-state index in [1.165, 1.54) is 0 Å². The third kappa shape index (κ3) is 5.59. The lowest BCUT2D eigenvalue weighted by Gasteiger charge is -2.39. The van der Waals surface area contributed by atoms with Crippen LogP contribution in [0.2, 0.25) is 0 Å². The Morgan fingerprint density at radius 3 is 2.18 bits per heavy atom. The van der Waals surface area contributed by atoms with Gasteiger partial charge in [-0.05, 0) is 48.9 Å². The number of hydrogen-bond donors (Lipinski definition) is 1. The monoisotopic (exact) mass is 532 g/mol. The van der Waals surface area contributed by atoms with E-state index in [2.05, 4.69) is 43.2 Å². The maximum absolute atomic E-state index is 13.6. The van der Waals surface area contributed by atoms with Gasteiger partial charge in [-0.15, -0.1) is 0 Å². The highest BCUT2D eigenvalue weighted by atomic mass is 16.7. The number of rotatable bonds is 9. The lowest BCUT2D eigenvalue weighted by atomic mass is 9.80. The molecule has 2 N–H and O–H groups in total. The van der Waals surface area contributed by atoms with Crippen LogP contribution in [-0.2, 0) is 9.53 Å². The summed E-state index contributed by atoms with van der Waals surface area (Å²) < 4.78 is 12.4. The van der Waals surface area contributed by atoms with Crippen molar-refractivity contribution in [3.8, 4) is 5.75 Å². The minimum atomic E-state index is -0.827. The van der Waals surface area contributed by atoms with E-state index < -0.39 is 24.2 Å². The van der Waals surface area contributed by atoms with Crippen molar-refractivity contribution in [2.24, 2.45) is 11.7 Å². The van der Waals surface area contributed by atoms with Crippen molar-refractivity contribution in [3.63, 3.8) is 0 Å². The van der Waals surface area contributed by atoms with Crippen LogP contribution in [-0.4, -0.2) is 52.5 Å². The lowest BCUT2D eigenvalue weighted by molar-refractivity contribution is -0.152. The molecule has 1 amide bonds. The minimum absolute atomic E-state index is 0.0389. The molecule has 2 heterocycles. The first-order valence-corrected chi connectivity index (χ1v) is 13.2. The van der Waals surface area contributed by atoms with Crippen LogP contribution >= 0.6 is 0 Å². The van der Waals surface area contributed by atoms with Gasteiger partial charge in [-0.2, -0.15) is 5.10 Å². The summed E-state index contributed by atoms with van der Waals surface area (Å²) in [4.78, 5) is 40.5. The average molecular weight is 533 g/mol. The van der Waals surface area contributed by atoms with E-state index in [-0.39, 0.29) is 35.2 Å². The Hall–Kier alpha value is -3.98. The number of ether oxygens (including phenoxy) is 2. The van der Waals surface area contributed by atoms with Gasteiger partial charge in [0.15, 0.2) is 5.69 Å². The molecule has 9 heteroatoms. The minimum Gasteiger partial charge on any atom is -0.451 e. The quantitative estimate of drug-likeness (QED) is 0.331. The molecule has 0 saturated heterocycles. The number of carbonyl (C=O) groups excluding carboxylic acids is 2. The Labute approximate surface area is 228 Å². The molecule has 206 valence electrons. The summed E-state index contributed by atoms with van der Waals surface area (Å²) in [6.07, 6.45) is 1.15. The summed E-state index contributed by atoms with van der Waals surface area (Å²) in [7, 11) is 0. The average Bonchev–Trinajstić information content (AvgIpc) is 2.92. The van der Waals surface area contributed by atoms with Crippen LogP contribution in [0.5, 0.6) is 5.75 Å². The Balaban J connectivity index is 1.82. The molecule has 2 atom stereocenters. The molecule has 39 heavy (non-hydrogen) atoms. The molecule has 3 aromatic rings. The van der Waals surface area contributed by atoms with Gasteiger partial charge in [-0.3, -0.25) is 19.1 Å². The number of carbonyl (C=O) groups is 2. The lowest BCUT2D eigenvalue weighted by Crippen LogP contribution is -2.47. The molecular weight excluding hydrogens is 496 g/mol. The zero-order valence-corrected chi connectivity index (χ0v) is 23.1. The van der Waals surface area contributed by atoms with Gasteiger partial charge in [0, 0.05) is 19.0 Å². The van der Waals surface area contributed by atoms with Crippen molar-refractivity contribution in [2.75, 3.05) is 19.9 Å². The number of benzene rings is 2. The van der Waals surface area contributed by atoms with Crippen LogP contribution < -0.4 is 15.9 Å². The van der Waals surface area contributed by atoms with Crippen molar-refractivity contribution < 1.29 is 19.1 Å². The van der Waals surface area contributed by atoms with Crippen LogP contribution in [0, 0.1) is 19.8 Å². The molecule has 9 nitrogen and oxygen atoms in total. The van der Waals surface area contributed by atoms with Gasteiger partial charge >= 0.3 is 5.97 Å². The summed E-state index contributed by atoms with van der Waals surface area (Å²) in [5, 5.41) is 4.45. The Kier molecular flexibility index (Phi) is 8.50. The number of nitrogens with two attached hydrogens (primary N) is 1. The fraction of sp³-hybridized carbons (Fsp3) is 0.400. The number of aromatic nitrogens is 2. The van der Waals surface area contributed by atoms with Crippen molar-refractivity contribution in [1.82, 2.24) is 14.7 Å². The highest BCUT2D eigenvalue weighted by Gasteiger charge is 2.40. The molecule has 0 fully saturated rings. The highest BCUT2D eigenvalue weighted by molar-refractivity contribution is 5.96. The smallest absolute Gasteiger partial charge is 0.326 e. The zero-order chi connectivity index (χ0) is 28.3. The Bertz CT molecular complexity index is 1370. The van der Waals surface area contributed by atoms with Crippen molar-refractivity contribution >= 4 is 11.9 Å². The Morgan fingerprint density at radius 2 is 1.64 bits per heavy atom. The first-order chi connectivity index (χ1) is 18.6. The first kappa shape index (κ1) is 28.0. The van der Waals surface area contributed by atoms with Crippen molar-refractivity contribution in [2.45, 2.75) is 52.6 Å². The topological polar surface area (TPSA) is 117 Å². The van der Waals surface area contributed by atoms with E-state index in [9.17, 15) is 14.4 Å². The Morgan fingerprint density at radius 1 is 1.05 bits per heavy atom. The largest absolute Gasteiger partial charge is 0.451 e. The molecule has 0 bridgehead atoms. The summed E-state index contributed by atoms with van der Waals surface area (Å²) in [5.41, 5.74) is 9.75. The fourth-order valence-electron chi connectivity index (χ4n) is 5.06. The number of hydrogen-bond acceptors (Lipinski definition) is 7. The van der Waals surface area contributed by atoms with Crippen LogP contribution in [0.15, 0.2) is 59.5 Å². The van der Waals surface area contributed by atoms with Gasteiger partial charge in [0.25, 0.3) is 5.91 Å². The molecular formula is C30H36N4O5. The highest BCUT2D eigenvalue weighted by Crippen LogP contribution is 2.41. The maximum Gasteiger partial charge on any atom is 0.326 e. The van der Waals surface area contributed by atoms with Gasteiger partial charge in [0.1, 0.15) is 6.04 Å². The zero-order valence-electron chi connectivity index (χ0n) is 23.1. The normalized spacial score (nSPS) is 15.8. The summed E-state index contributed by atoms with van der Waals surface area (Å²) in [6.45, 7) is 9.91. The number of amides is 1. The number of likely N-dealkylation sites (N-methyl/N-ethyl adjacent to an activating group) is 1. The predicted molar refractivity (Wildman–Crippen MR) is 148 cm³/mol. The van der Waals surface area contributed by atoms with Crippen LogP contribution in [0.1, 0.15) is 65.5 Å². The number of fused-ring (bicyclic) bond motifs is 1. The summed E-state index contributed by atoms with van der Waals surface area (Å²) >= 11 is 0. The number of aryl methyl sites for hydroxylation is 2. The second-order valence-corrected chi connectivity index (χ2v) is 10.2. The molecule has 0 radical (unpaired) electrons. The molecule has 4 rings (SSSR count). The van der Waals surface area contributed by atoms with Gasteiger partial charge in [0.05, 0.1) is 12.2 Å². The SMILES string of the molecule is CCN1C[C@H](C(c2ccccc2C)c2ccccc2C)n2ncc(=O)c(OCOC(=O)[C@@H](N)C(C)C)c2C1=O. The molecule has 0 aliphatic carbocycles. The van der Waals surface area contributed by atoms with E-state index in [0.29, 0.717) is 13.1 Å². The van der Waals surface area contributed by atoms with E-state index in [1.54, 1.807) is 23.4 Å². The molecule has 0 spiro atoms. The number of esters is 1. The molecule has 2 aromatic carbocycles. The maximum atomic E-state index is 13.6. The van der Waals surface area contributed by atoms with E-state index in [4.69, 9.17) is 15.2 Å². The summed E-state index contributed by atoms with van der Waals surface area (Å²) in [5.74, 6) is -1.51. The second kappa shape index (κ2) is 11.8. The van der Waals surface area contributed by atoms with Gasteiger partial charge < -0.3 is 20.1 Å². The van der Waals surface area contributed by atoms with Crippen LogP contribution in [0.25, 0.3) is 0 Å². The predicted octanol–water partition coefficient (Wildman–Crippen LogP) is 3.57. The molecule has 0 saturated carbocycles. The van der Waals surface area contributed by atoms with E-state index in [0.717, 1.165) is 28.5 Å². The molecule has 1 aliphatic heterocycles. The van der Waals surface area contributed by atoms with Gasteiger partial charge in [0.2, 0.25) is 18.0 Å². The molecule has 1 aliphatic rings. The standard InChI is InChI=1S/C30H36N4O5/c1-6-33-16-23(25(21-13-9-7-11-19(21)4)22-14-10-8-12-20(22)5)34-27(29(33)36)28(24(35)15-32-34)38-17-39-30(37)26(31)18(2)3/h7-15,18,23,25-26H,6,16-17,31H2,1-5H3/t23-,26+/m1/s1. The fourth-order valence-corrected chi connectivity index (χ4v) is 5.06. The van der Waals surface area contributed by atoms with E-state index in [1.807, 2.05) is 31.2 Å². The van der Waals surface area contributed by atoms with E-state index >= 15 is 0 Å². The summed E-state index contributed by atoms with van der Waals surface area (Å²) in [6, 6.07) is 15.2. The molecule has 1 aromatic heterocycles. The molecule has 0 unspecified atom stereocenters. The van der Waals surface area contributed by atoms with Crippen molar-refractivity contribution in [3.05, 3.63) is 92.9 Å².